The number of carbonyl (C=O) groups excluding carboxylic acids is 1. The first-order valence-corrected chi connectivity index (χ1v) is 11.8. The van der Waals surface area contributed by atoms with Gasteiger partial charge in [-0.2, -0.15) is 0 Å². The van der Waals surface area contributed by atoms with E-state index in [-0.39, 0.29) is 22.4 Å². The molecule has 0 saturated carbocycles. The normalized spacial score (nSPS) is 16.1. The van der Waals surface area contributed by atoms with Crippen molar-refractivity contribution in [2.45, 2.75) is 13.3 Å². The molecule has 1 heterocycles. The maximum atomic E-state index is 13.3. The van der Waals surface area contributed by atoms with Crippen LogP contribution in [0.5, 0.6) is 11.5 Å². The third kappa shape index (κ3) is 5.59. The molecular formula is C26H23ClN2O3S. The van der Waals surface area contributed by atoms with E-state index in [1.165, 1.54) is 11.8 Å². The Morgan fingerprint density at radius 1 is 1.09 bits per heavy atom. The summed E-state index contributed by atoms with van der Waals surface area (Å²) in [5.74, 6) is 0.0565. The minimum Gasteiger partial charge on any atom is -0.503 e. The van der Waals surface area contributed by atoms with Gasteiger partial charge in [-0.25, -0.2) is 4.99 Å². The number of aliphatic imine (C=N–C) groups is 1. The molecule has 1 amide bonds. The molecular weight excluding hydrogens is 456 g/mol. The molecule has 1 aliphatic rings. The fourth-order valence-electron chi connectivity index (χ4n) is 3.38. The van der Waals surface area contributed by atoms with Crippen LogP contribution in [0.3, 0.4) is 0 Å². The first-order valence-electron chi connectivity index (χ1n) is 10.6. The molecule has 1 N–H and O–H groups in total. The number of amides is 1. The highest BCUT2D eigenvalue weighted by molar-refractivity contribution is 8.18. The summed E-state index contributed by atoms with van der Waals surface area (Å²) < 4.78 is 5.47. The lowest BCUT2D eigenvalue weighted by Crippen LogP contribution is -2.31. The van der Waals surface area contributed by atoms with Gasteiger partial charge in [0, 0.05) is 6.54 Å². The fourth-order valence-corrected chi connectivity index (χ4v) is 4.62. The van der Waals surface area contributed by atoms with Gasteiger partial charge in [-0.15, -0.1) is 0 Å². The van der Waals surface area contributed by atoms with Crippen LogP contribution in [0.1, 0.15) is 18.1 Å². The van der Waals surface area contributed by atoms with Crippen LogP contribution in [0.15, 0.2) is 82.7 Å². The lowest BCUT2D eigenvalue weighted by Gasteiger charge is -2.15. The van der Waals surface area contributed by atoms with Gasteiger partial charge >= 0.3 is 0 Å². The minimum absolute atomic E-state index is 0.109. The lowest BCUT2D eigenvalue weighted by molar-refractivity contribution is -0.122. The standard InChI is InChI=1S/C26H23ClN2O3S/c1-2-32-22-16-19(15-21(27)24(22)30)17-23-25(31)29(14-13-18-9-5-3-6-10-18)26(33-23)28-20-11-7-4-8-12-20/h3-12,15-17,30H,2,13-14H2,1H3/b23-17+,28-26?. The van der Waals surface area contributed by atoms with Crippen molar-refractivity contribution >= 4 is 46.2 Å². The molecule has 4 rings (SSSR count). The summed E-state index contributed by atoms with van der Waals surface area (Å²) in [7, 11) is 0. The summed E-state index contributed by atoms with van der Waals surface area (Å²) in [5, 5.41) is 10.9. The van der Waals surface area contributed by atoms with Gasteiger partial charge in [0.25, 0.3) is 5.91 Å². The summed E-state index contributed by atoms with van der Waals surface area (Å²) in [6, 6.07) is 22.9. The van der Waals surface area contributed by atoms with Crippen LogP contribution in [0.25, 0.3) is 6.08 Å². The van der Waals surface area contributed by atoms with E-state index in [0.29, 0.717) is 35.2 Å². The summed E-state index contributed by atoms with van der Waals surface area (Å²) >= 11 is 7.50. The third-order valence-corrected chi connectivity index (χ3v) is 6.28. The zero-order valence-electron chi connectivity index (χ0n) is 18.1. The molecule has 1 saturated heterocycles. The Balaban J connectivity index is 1.66. The van der Waals surface area contributed by atoms with Gasteiger partial charge in [-0.05, 0) is 66.6 Å². The van der Waals surface area contributed by atoms with Crippen molar-refractivity contribution in [1.29, 1.82) is 0 Å². The van der Waals surface area contributed by atoms with Crippen LogP contribution < -0.4 is 4.74 Å². The zero-order valence-corrected chi connectivity index (χ0v) is 19.6. The Bertz CT molecular complexity index is 1200. The number of hydrogen-bond donors (Lipinski definition) is 1. The molecule has 0 spiro atoms. The van der Waals surface area contributed by atoms with Crippen molar-refractivity contribution in [3.63, 3.8) is 0 Å². The number of ether oxygens (including phenoxy) is 1. The number of para-hydroxylation sites is 1. The van der Waals surface area contributed by atoms with Crippen LogP contribution in [-0.2, 0) is 11.2 Å². The summed E-state index contributed by atoms with van der Waals surface area (Å²) in [4.78, 5) is 20.3. The number of thioether (sulfide) groups is 1. The molecule has 0 aromatic heterocycles. The number of carbonyl (C=O) groups is 1. The number of aromatic hydroxyl groups is 1. The Morgan fingerprint density at radius 3 is 2.48 bits per heavy atom. The molecule has 3 aromatic carbocycles. The summed E-state index contributed by atoms with van der Waals surface area (Å²) in [6.07, 6.45) is 2.47. The van der Waals surface area contributed by atoms with E-state index < -0.39 is 0 Å². The molecule has 3 aromatic rings. The van der Waals surface area contributed by atoms with Gasteiger partial charge in [-0.1, -0.05) is 60.1 Å². The number of benzene rings is 3. The molecule has 1 aliphatic heterocycles. The highest BCUT2D eigenvalue weighted by atomic mass is 35.5. The Hall–Kier alpha value is -3.22. The van der Waals surface area contributed by atoms with Crippen molar-refractivity contribution in [3.05, 3.63) is 93.9 Å². The second kappa shape index (κ2) is 10.6. The number of phenolic OH excluding ortho intramolecular Hbond substituents is 1. The van der Waals surface area contributed by atoms with Gasteiger partial charge in [0.05, 0.1) is 22.2 Å². The molecule has 0 atom stereocenters. The van der Waals surface area contributed by atoms with Crippen LogP contribution in [0.4, 0.5) is 5.69 Å². The highest BCUT2D eigenvalue weighted by Gasteiger charge is 2.33. The average molecular weight is 479 g/mol. The van der Waals surface area contributed by atoms with Crippen molar-refractivity contribution < 1.29 is 14.6 Å². The number of phenols is 1. The quantitative estimate of drug-likeness (QED) is 0.405. The molecule has 0 unspecified atom stereocenters. The predicted molar refractivity (Wildman–Crippen MR) is 135 cm³/mol. The molecule has 33 heavy (non-hydrogen) atoms. The molecule has 0 radical (unpaired) electrons. The van der Waals surface area contributed by atoms with E-state index in [9.17, 15) is 9.90 Å². The molecule has 7 heteroatoms. The van der Waals surface area contributed by atoms with Gasteiger partial charge < -0.3 is 9.84 Å². The SMILES string of the molecule is CCOc1cc(/C=C2/SC(=Nc3ccccc3)N(CCc3ccccc3)C2=O)cc(Cl)c1O. The van der Waals surface area contributed by atoms with Crippen LogP contribution in [0, 0.1) is 0 Å². The van der Waals surface area contributed by atoms with Gasteiger partial charge in [0.1, 0.15) is 0 Å². The Labute approximate surface area is 202 Å². The molecule has 168 valence electrons. The van der Waals surface area contributed by atoms with Crippen LogP contribution in [0.2, 0.25) is 5.02 Å². The number of rotatable bonds is 7. The Kier molecular flexibility index (Phi) is 7.37. The monoisotopic (exact) mass is 478 g/mol. The summed E-state index contributed by atoms with van der Waals surface area (Å²) in [6.45, 7) is 2.73. The van der Waals surface area contributed by atoms with E-state index in [1.54, 1.807) is 23.1 Å². The predicted octanol–water partition coefficient (Wildman–Crippen LogP) is 6.29. The molecule has 1 fully saturated rings. The number of hydrogen-bond acceptors (Lipinski definition) is 5. The topological polar surface area (TPSA) is 62.1 Å². The average Bonchev–Trinajstić information content (AvgIpc) is 3.11. The lowest BCUT2D eigenvalue weighted by atomic mass is 10.1. The van der Waals surface area contributed by atoms with Crippen molar-refractivity contribution in [2.24, 2.45) is 4.99 Å². The van der Waals surface area contributed by atoms with Gasteiger partial charge in [-0.3, -0.25) is 9.69 Å². The second-order valence-electron chi connectivity index (χ2n) is 7.32. The van der Waals surface area contributed by atoms with Crippen molar-refractivity contribution in [2.75, 3.05) is 13.2 Å². The van der Waals surface area contributed by atoms with Gasteiger partial charge in [0.15, 0.2) is 16.7 Å². The number of nitrogens with zero attached hydrogens (tertiary/aromatic N) is 2. The van der Waals surface area contributed by atoms with Crippen LogP contribution >= 0.6 is 23.4 Å². The fraction of sp³-hybridized carbons (Fsp3) is 0.154. The molecule has 5 nitrogen and oxygen atoms in total. The Morgan fingerprint density at radius 2 is 1.79 bits per heavy atom. The van der Waals surface area contributed by atoms with Crippen molar-refractivity contribution in [3.8, 4) is 11.5 Å². The van der Waals surface area contributed by atoms with E-state index in [0.717, 1.165) is 11.3 Å². The van der Waals surface area contributed by atoms with Crippen molar-refractivity contribution in [1.82, 2.24) is 4.90 Å². The van der Waals surface area contributed by atoms with E-state index in [2.05, 4.69) is 0 Å². The molecule has 0 bridgehead atoms. The smallest absolute Gasteiger partial charge is 0.266 e. The van der Waals surface area contributed by atoms with E-state index in [4.69, 9.17) is 21.3 Å². The zero-order chi connectivity index (χ0) is 23.2. The van der Waals surface area contributed by atoms with Gasteiger partial charge in [0.2, 0.25) is 0 Å². The van der Waals surface area contributed by atoms with E-state index >= 15 is 0 Å². The largest absolute Gasteiger partial charge is 0.503 e. The molecule has 0 aliphatic carbocycles. The first kappa shape index (κ1) is 23.0. The maximum absolute atomic E-state index is 13.3. The highest BCUT2D eigenvalue weighted by Crippen LogP contribution is 2.38. The minimum atomic E-state index is -0.118. The second-order valence-corrected chi connectivity index (χ2v) is 8.73. The van der Waals surface area contributed by atoms with E-state index in [1.807, 2.05) is 67.6 Å². The third-order valence-electron chi connectivity index (χ3n) is 4.98. The van der Waals surface area contributed by atoms with Crippen LogP contribution in [-0.4, -0.2) is 34.2 Å². The maximum Gasteiger partial charge on any atom is 0.266 e. The number of amidine groups is 1. The first-order chi connectivity index (χ1) is 16.0. The summed E-state index contributed by atoms with van der Waals surface area (Å²) in [5.41, 5.74) is 2.60. The number of halogens is 1.